The minimum Gasteiger partial charge on any atom is -0.309 e. The van der Waals surface area contributed by atoms with Gasteiger partial charge in [-0.3, -0.25) is 0 Å². The quantitative estimate of drug-likeness (QED) is 0.0480. The number of hydrogen-bond acceptors (Lipinski definition) is 1. The van der Waals surface area contributed by atoms with E-state index in [0.717, 1.165) is 61.5 Å². The molecule has 0 amide bonds. The molecule has 138 heavy (non-hydrogen) atoms. The summed E-state index contributed by atoms with van der Waals surface area (Å²) in [5, 5.41) is 33.3. The Bertz CT molecular complexity index is 8240. The predicted octanol–water partition coefficient (Wildman–Crippen LogP) is 24.5. The van der Waals surface area contributed by atoms with Gasteiger partial charge >= 0.3 is 0 Å². The van der Waals surface area contributed by atoms with Crippen LogP contribution in [0.4, 0.5) is 11.4 Å². The lowest BCUT2D eigenvalue weighted by Crippen LogP contribution is -2.75. The first-order valence-corrected chi connectivity index (χ1v) is 52.7. The van der Waals surface area contributed by atoms with Gasteiger partial charge in [0, 0.05) is 49.4 Å². The molecule has 9 heteroatoms. The predicted molar refractivity (Wildman–Crippen MR) is 587 cm³/mol. The summed E-state index contributed by atoms with van der Waals surface area (Å²) in [6, 6.07) is 198. The Labute approximate surface area is 807 Å². The fourth-order valence-corrected chi connectivity index (χ4v) is 36.1. The van der Waals surface area contributed by atoms with Crippen LogP contribution in [-0.4, -0.2) is 37.9 Å². The van der Waals surface area contributed by atoms with Crippen LogP contribution in [0, 0.1) is 24.5 Å². The molecule has 0 atom stereocenters. The average molecular weight is 1810 g/mol. The molecule has 24 aromatic rings. The largest absolute Gasteiger partial charge is 0.309 e. The van der Waals surface area contributed by atoms with Crippen LogP contribution in [0.3, 0.4) is 0 Å². The molecule has 648 valence electrons. The SMILES string of the molecule is N#Cc1cc(-n2c3ccccc3c3ccccc32)ccc1-c1ccc([Si](c2ccccc2)(c2ccccc2)c2ccccc2)cc1.[C-]#[N+]c1cc([Si](c2ccccc2)(c2ccccc2)c2ccccc2)ccc1-c1cccc(-n2c3ccccc3c3ccccc32)c1.[C-]#[N+]c1ccc(-c2ccc(-n3c4ccccc4c4ccccc43)cc2)c([Si](c2ccccc2)(c2ccccc2)c2ccccc2)c1. The number of benzene rings is 21. The van der Waals surface area contributed by atoms with Gasteiger partial charge in [0.2, 0.25) is 0 Å². The maximum absolute atomic E-state index is 10.4. The fourth-order valence-electron chi connectivity index (χ4n) is 21.5. The summed E-state index contributed by atoms with van der Waals surface area (Å²) in [5.41, 5.74) is 18.4. The van der Waals surface area contributed by atoms with Crippen molar-refractivity contribution in [1.82, 2.24) is 13.7 Å². The number of fused-ring (bicyclic) bond motifs is 9. The van der Waals surface area contributed by atoms with Crippen molar-refractivity contribution >= 4 is 163 Å². The van der Waals surface area contributed by atoms with Gasteiger partial charge in [0.1, 0.15) is 0 Å². The van der Waals surface area contributed by atoms with Gasteiger partial charge in [-0.2, -0.15) is 5.26 Å². The molecular weight excluding hydrogens is 1720 g/mol. The van der Waals surface area contributed by atoms with E-state index in [4.69, 9.17) is 13.1 Å². The number of para-hydroxylation sites is 6. The fraction of sp³-hybridized carbons (Fsp3) is 0. The van der Waals surface area contributed by atoms with E-state index < -0.39 is 24.2 Å². The molecule has 0 aliphatic carbocycles. The molecule has 3 aromatic heterocycles. The van der Waals surface area contributed by atoms with E-state index >= 15 is 0 Å². The van der Waals surface area contributed by atoms with Crippen LogP contribution in [0.5, 0.6) is 0 Å². The lowest BCUT2D eigenvalue weighted by atomic mass is 9.99. The summed E-state index contributed by atoms with van der Waals surface area (Å²) in [4.78, 5) is 8.09. The highest BCUT2D eigenvalue weighted by atomic mass is 28.3. The molecule has 0 fully saturated rings. The van der Waals surface area contributed by atoms with Crippen LogP contribution >= 0.6 is 0 Å². The maximum atomic E-state index is 10.4. The molecule has 24 rings (SSSR count). The van der Waals surface area contributed by atoms with Gasteiger partial charge in [-0.1, -0.05) is 478 Å². The van der Waals surface area contributed by atoms with Crippen LogP contribution in [0.1, 0.15) is 5.56 Å². The minimum absolute atomic E-state index is 0.653. The Morgan fingerprint density at radius 2 is 0.471 bits per heavy atom. The first-order valence-electron chi connectivity index (χ1n) is 46.7. The highest BCUT2D eigenvalue weighted by Gasteiger charge is 2.45. The van der Waals surface area contributed by atoms with E-state index in [2.05, 4.69) is 563 Å². The van der Waals surface area contributed by atoms with Gasteiger partial charge in [-0.15, -0.1) is 0 Å². The molecule has 3 heterocycles. The lowest BCUT2D eigenvalue weighted by molar-refractivity contribution is 1.18. The highest BCUT2D eigenvalue weighted by Crippen LogP contribution is 2.40. The molecule has 6 nitrogen and oxygen atoms in total. The van der Waals surface area contributed by atoms with Crippen molar-refractivity contribution in [2.24, 2.45) is 0 Å². The number of aromatic nitrogens is 3. The third kappa shape index (κ3) is 15.1. The summed E-state index contributed by atoms with van der Waals surface area (Å²) < 4.78 is 6.95. The second kappa shape index (κ2) is 37.7. The lowest BCUT2D eigenvalue weighted by Gasteiger charge is -2.36. The van der Waals surface area contributed by atoms with Gasteiger partial charge in [0.05, 0.1) is 57.9 Å². The monoisotopic (exact) mass is 1810 g/mol. The van der Waals surface area contributed by atoms with E-state index in [1.54, 1.807) is 0 Å². The van der Waals surface area contributed by atoms with Crippen LogP contribution in [-0.2, 0) is 0 Å². The third-order valence-electron chi connectivity index (χ3n) is 27.6. The molecule has 0 spiro atoms. The van der Waals surface area contributed by atoms with E-state index in [1.807, 2.05) is 12.1 Å². The van der Waals surface area contributed by atoms with E-state index in [1.165, 1.54) is 117 Å². The second-order valence-electron chi connectivity index (χ2n) is 34.9. The van der Waals surface area contributed by atoms with Crippen molar-refractivity contribution in [1.29, 1.82) is 5.26 Å². The standard InChI is InChI=1S/3C43H30N2Si/c1-44-41-31-37(46(34-18-5-2-6-19-34,35-20-7-3-8-21-35)36-22-9-4-10-23-36)28-29-38(41)32-16-15-17-33(30-32)45-42-26-13-11-24-39(42)40-25-12-14-27-43(40)45;1-44-33-27-30-38(32-25-28-34(29-26-32)45-41-23-13-11-21-39(41)40-22-12-14-24-42(40)45)43(31-33)46(35-15-5-2-6-16-35,36-17-7-3-8-18-36)37-19-9-4-10-20-37;44-31-33-30-34(45-42-22-12-10-20-40(42)41-21-11-13-23-43(41)45)26-29-39(33)32-24-27-38(28-25-32)46(35-14-4-1-5-15-35,36-16-6-2-7-17-36)37-18-8-3-9-19-37/h2*2-31H;1-30H. The Hall–Kier alpha value is -17.9. The molecule has 0 unspecified atom stereocenters. The zero-order valence-corrected chi connectivity index (χ0v) is 78.6. The Balaban J connectivity index is 0.000000119. The topological polar surface area (TPSA) is 47.3 Å². The normalized spacial score (nSPS) is 11.5. The molecule has 0 saturated carbocycles. The average Bonchev–Trinajstić information content (AvgIpc) is 1.29. The first-order chi connectivity index (χ1) is 68.4. The third-order valence-corrected chi connectivity index (χ3v) is 41.9. The molecule has 0 aliphatic rings. The van der Waals surface area contributed by atoms with Gasteiger partial charge < -0.3 is 13.7 Å². The number of nitrogens with zero attached hydrogens (tertiary/aromatic N) is 6. The molecule has 0 aliphatic heterocycles. The molecule has 21 aromatic carbocycles. The van der Waals surface area contributed by atoms with E-state index in [9.17, 15) is 5.26 Å². The van der Waals surface area contributed by atoms with E-state index in [-0.39, 0.29) is 0 Å². The molecule has 0 radical (unpaired) electrons. The smallest absolute Gasteiger partial charge is 0.194 e. The summed E-state index contributed by atoms with van der Waals surface area (Å²) >= 11 is 0. The molecular formula is C129H90N6Si3. The number of hydrogen-bond donors (Lipinski definition) is 0. The summed E-state index contributed by atoms with van der Waals surface area (Å²) in [5.74, 6) is 0. The van der Waals surface area contributed by atoms with Gasteiger partial charge in [0.15, 0.2) is 35.6 Å². The van der Waals surface area contributed by atoms with Gasteiger partial charge in [-0.25, -0.2) is 9.69 Å². The maximum Gasteiger partial charge on any atom is 0.194 e. The number of rotatable bonds is 18. The van der Waals surface area contributed by atoms with Crippen LogP contribution in [0.2, 0.25) is 0 Å². The van der Waals surface area contributed by atoms with Crippen LogP contribution in [0.25, 0.3) is 126 Å². The highest BCUT2D eigenvalue weighted by molar-refractivity contribution is 7.21. The number of nitriles is 1. The van der Waals surface area contributed by atoms with Crippen molar-refractivity contribution in [2.75, 3.05) is 0 Å². The molecule has 0 saturated heterocycles. The van der Waals surface area contributed by atoms with Gasteiger partial charge in [-0.05, 0) is 163 Å². The van der Waals surface area contributed by atoms with Crippen molar-refractivity contribution in [3.63, 3.8) is 0 Å². The Morgan fingerprint density at radius 1 is 0.196 bits per heavy atom. The van der Waals surface area contributed by atoms with Crippen molar-refractivity contribution in [2.45, 2.75) is 0 Å². The summed E-state index contributed by atoms with van der Waals surface area (Å²) in [6.07, 6.45) is 0. The minimum atomic E-state index is -2.86. The Kier molecular flexibility index (Phi) is 23.4. The zero-order valence-electron chi connectivity index (χ0n) is 75.6. The van der Waals surface area contributed by atoms with Crippen LogP contribution in [0.15, 0.2) is 546 Å². The molecule has 0 N–H and O–H groups in total. The molecule has 0 bridgehead atoms. The van der Waals surface area contributed by atoms with E-state index in [0.29, 0.717) is 16.9 Å². The van der Waals surface area contributed by atoms with Crippen molar-refractivity contribution in [3.05, 3.63) is 574 Å². The summed E-state index contributed by atoms with van der Waals surface area (Å²) in [7, 11) is -8.21. The first kappa shape index (κ1) is 85.6. The zero-order chi connectivity index (χ0) is 92.8. The van der Waals surface area contributed by atoms with Crippen LogP contribution < -0.4 is 62.2 Å². The Morgan fingerprint density at radius 3 is 0.819 bits per heavy atom. The van der Waals surface area contributed by atoms with Crippen molar-refractivity contribution in [3.8, 4) is 56.5 Å². The van der Waals surface area contributed by atoms with Crippen molar-refractivity contribution < 1.29 is 0 Å². The van der Waals surface area contributed by atoms with Gasteiger partial charge in [0.25, 0.3) is 0 Å². The summed E-state index contributed by atoms with van der Waals surface area (Å²) in [6.45, 7) is 16.4. The second-order valence-corrected chi connectivity index (χ2v) is 46.2.